The van der Waals surface area contributed by atoms with Crippen molar-refractivity contribution in [1.82, 2.24) is 5.32 Å². The summed E-state index contributed by atoms with van der Waals surface area (Å²) < 4.78 is 43.3. The van der Waals surface area contributed by atoms with E-state index in [9.17, 15) is 18.0 Å². The number of benzene rings is 1. The summed E-state index contributed by atoms with van der Waals surface area (Å²) in [6.45, 7) is 0.237. The fraction of sp³-hybridized carbons (Fsp3) is 0.462. The van der Waals surface area contributed by atoms with E-state index in [1.807, 2.05) is 0 Å². The quantitative estimate of drug-likeness (QED) is 0.897. The molecule has 0 bridgehead atoms. The number of nitrogens with one attached hydrogen (secondary N) is 1. The van der Waals surface area contributed by atoms with Gasteiger partial charge in [-0.2, -0.15) is 13.2 Å². The molecule has 2 unspecified atom stereocenters. The van der Waals surface area contributed by atoms with E-state index in [0.29, 0.717) is 5.56 Å². The molecule has 1 aliphatic rings. The maximum absolute atomic E-state index is 12.8. The molecule has 0 saturated carbocycles. The Morgan fingerprint density at radius 3 is 2.62 bits per heavy atom. The van der Waals surface area contributed by atoms with E-state index in [0.717, 1.165) is 12.1 Å². The number of hydrogen-bond acceptors (Lipinski definition) is 3. The zero-order chi connectivity index (χ0) is 15.8. The number of ether oxygens (including phenoxy) is 1. The number of aliphatic carboxylic acids is 1. The van der Waals surface area contributed by atoms with Crippen LogP contribution in [0.3, 0.4) is 0 Å². The maximum atomic E-state index is 12.8. The summed E-state index contributed by atoms with van der Waals surface area (Å²) in [5.41, 5.74) is -0.545. The molecule has 0 spiro atoms. The monoisotopic (exact) mass is 323 g/mol. The Labute approximate surface area is 123 Å². The molecule has 2 N–H and O–H groups in total. The molecule has 116 valence electrons. The fourth-order valence-corrected chi connectivity index (χ4v) is 2.75. The Bertz CT molecular complexity index is 562. The fourth-order valence-electron chi connectivity index (χ4n) is 2.41. The normalized spacial score (nSPS) is 22.3. The van der Waals surface area contributed by atoms with Gasteiger partial charge in [0.25, 0.3) is 0 Å². The highest BCUT2D eigenvalue weighted by molar-refractivity contribution is 6.31. The van der Waals surface area contributed by atoms with E-state index in [2.05, 4.69) is 5.32 Å². The van der Waals surface area contributed by atoms with Crippen molar-refractivity contribution in [1.29, 1.82) is 0 Å². The van der Waals surface area contributed by atoms with Crippen molar-refractivity contribution in [2.75, 3.05) is 13.7 Å². The van der Waals surface area contributed by atoms with Crippen molar-refractivity contribution >= 4 is 17.6 Å². The molecule has 1 aromatic carbocycles. The predicted octanol–water partition coefficient (Wildman–Crippen LogP) is 3.10. The highest BCUT2D eigenvalue weighted by Crippen LogP contribution is 2.42. The van der Waals surface area contributed by atoms with Crippen LogP contribution in [0.1, 0.15) is 23.6 Å². The third-order valence-electron chi connectivity index (χ3n) is 3.47. The minimum absolute atomic E-state index is 0.00152. The Balaban J connectivity index is 2.39. The van der Waals surface area contributed by atoms with Crippen LogP contribution in [-0.2, 0) is 11.0 Å². The molecule has 1 fully saturated rings. The largest absolute Gasteiger partial charge is 0.496 e. The van der Waals surface area contributed by atoms with Crippen LogP contribution in [0, 0.1) is 5.92 Å². The van der Waals surface area contributed by atoms with Gasteiger partial charge in [0.15, 0.2) is 0 Å². The van der Waals surface area contributed by atoms with Crippen LogP contribution >= 0.6 is 11.6 Å². The van der Waals surface area contributed by atoms with Gasteiger partial charge in [-0.1, -0.05) is 11.6 Å². The van der Waals surface area contributed by atoms with Gasteiger partial charge in [-0.05, 0) is 18.6 Å². The van der Waals surface area contributed by atoms with Gasteiger partial charge in [0, 0.05) is 23.2 Å². The van der Waals surface area contributed by atoms with Gasteiger partial charge in [0.05, 0.1) is 18.6 Å². The molecule has 0 aliphatic carbocycles. The average molecular weight is 324 g/mol. The second kappa shape index (κ2) is 5.73. The number of carboxylic acid groups (broad SMARTS) is 1. The molecule has 2 atom stereocenters. The number of carboxylic acids is 1. The van der Waals surface area contributed by atoms with Crippen molar-refractivity contribution in [2.45, 2.75) is 18.6 Å². The van der Waals surface area contributed by atoms with E-state index in [-0.39, 0.29) is 23.7 Å². The molecule has 1 aromatic rings. The van der Waals surface area contributed by atoms with Crippen LogP contribution in [-0.4, -0.2) is 24.7 Å². The molecule has 2 rings (SSSR count). The Morgan fingerprint density at radius 1 is 1.48 bits per heavy atom. The first-order chi connectivity index (χ1) is 9.74. The third kappa shape index (κ3) is 3.24. The van der Waals surface area contributed by atoms with Gasteiger partial charge < -0.3 is 15.2 Å². The number of carbonyl (C=O) groups is 1. The Morgan fingerprint density at radius 2 is 2.14 bits per heavy atom. The Kier molecular flexibility index (Phi) is 4.34. The van der Waals surface area contributed by atoms with Crippen molar-refractivity contribution in [3.8, 4) is 5.75 Å². The van der Waals surface area contributed by atoms with Crippen LogP contribution in [0.2, 0.25) is 5.02 Å². The minimum atomic E-state index is -4.53. The van der Waals surface area contributed by atoms with E-state index in [1.54, 1.807) is 0 Å². The van der Waals surface area contributed by atoms with Gasteiger partial charge >= 0.3 is 12.1 Å². The van der Waals surface area contributed by atoms with Gasteiger partial charge in [-0.3, -0.25) is 4.79 Å². The van der Waals surface area contributed by atoms with E-state index >= 15 is 0 Å². The molecule has 4 nitrogen and oxygen atoms in total. The molecular weight excluding hydrogens is 311 g/mol. The van der Waals surface area contributed by atoms with Crippen LogP contribution in [0.15, 0.2) is 12.1 Å². The zero-order valence-corrected chi connectivity index (χ0v) is 11.8. The van der Waals surface area contributed by atoms with Gasteiger partial charge in [-0.15, -0.1) is 0 Å². The summed E-state index contributed by atoms with van der Waals surface area (Å²) in [5.74, 6) is -1.55. The molecule has 8 heteroatoms. The summed E-state index contributed by atoms with van der Waals surface area (Å²) >= 11 is 5.96. The zero-order valence-electron chi connectivity index (χ0n) is 11.0. The van der Waals surface area contributed by atoms with Crippen molar-refractivity contribution in [3.05, 3.63) is 28.3 Å². The molecule has 0 radical (unpaired) electrons. The lowest BCUT2D eigenvalue weighted by atomic mass is 9.98. The lowest BCUT2D eigenvalue weighted by Gasteiger charge is -2.19. The third-order valence-corrected chi connectivity index (χ3v) is 3.78. The minimum Gasteiger partial charge on any atom is -0.496 e. The first kappa shape index (κ1) is 15.9. The first-order valence-electron chi connectivity index (χ1n) is 6.15. The summed E-state index contributed by atoms with van der Waals surface area (Å²) in [6.07, 6.45) is -4.28. The maximum Gasteiger partial charge on any atom is 0.416 e. The smallest absolute Gasteiger partial charge is 0.416 e. The molecule has 1 aliphatic heterocycles. The second-order valence-corrected chi connectivity index (χ2v) is 5.21. The molecular formula is C13H13ClF3NO3. The number of alkyl halides is 3. The summed E-state index contributed by atoms with van der Waals surface area (Å²) in [4.78, 5) is 11.0. The average Bonchev–Trinajstić information content (AvgIpc) is 2.85. The van der Waals surface area contributed by atoms with Crippen molar-refractivity contribution < 1.29 is 27.8 Å². The molecule has 21 heavy (non-hydrogen) atoms. The van der Waals surface area contributed by atoms with Crippen LogP contribution < -0.4 is 10.1 Å². The standard InChI is InChI=1S/C13H13ClF3NO3/c1-21-10-4-7(13(15,16)17)3-8(14)11(10)9-2-6(5-18-9)12(19)20/h3-4,6,9,18H,2,5H2,1H3,(H,19,20). The van der Waals surface area contributed by atoms with Gasteiger partial charge in [0.2, 0.25) is 0 Å². The van der Waals surface area contributed by atoms with Crippen LogP contribution in [0.25, 0.3) is 0 Å². The van der Waals surface area contributed by atoms with E-state index in [4.69, 9.17) is 21.4 Å². The molecule has 1 heterocycles. The van der Waals surface area contributed by atoms with Gasteiger partial charge in [0.1, 0.15) is 5.75 Å². The Hall–Kier alpha value is -1.47. The van der Waals surface area contributed by atoms with E-state index in [1.165, 1.54) is 7.11 Å². The lowest BCUT2D eigenvalue weighted by molar-refractivity contribution is -0.141. The summed E-state index contributed by atoms with van der Waals surface area (Å²) in [5, 5.41) is 11.8. The summed E-state index contributed by atoms with van der Waals surface area (Å²) in [6, 6.07) is 1.25. The number of rotatable bonds is 3. The highest BCUT2D eigenvalue weighted by atomic mass is 35.5. The summed E-state index contributed by atoms with van der Waals surface area (Å²) in [7, 11) is 1.25. The predicted molar refractivity (Wildman–Crippen MR) is 69.5 cm³/mol. The molecule has 0 amide bonds. The van der Waals surface area contributed by atoms with Crippen molar-refractivity contribution in [2.24, 2.45) is 5.92 Å². The van der Waals surface area contributed by atoms with Crippen molar-refractivity contribution in [3.63, 3.8) is 0 Å². The first-order valence-corrected chi connectivity index (χ1v) is 6.52. The SMILES string of the molecule is COc1cc(C(F)(F)F)cc(Cl)c1C1CC(C(=O)O)CN1. The molecule has 1 saturated heterocycles. The highest BCUT2D eigenvalue weighted by Gasteiger charge is 2.36. The topological polar surface area (TPSA) is 58.6 Å². The van der Waals surface area contributed by atoms with Gasteiger partial charge in [-0.25, -0.2) is 0 Å². The van der Waals surface area contributed by atoms with Crippen LogP contribution in [0.4, 0.5) is 13.2 Å². The second-order valence-electron chi connectivity index (χ2n) is 4.80. The van der Waals surface area contributed by atoms with Crippen LogP contribution in [0.5, 0.6) is 5.75 Å². The lowest BCUT2D eigenvalue weighted by Crippen LogP contribution is -2.18. The molecule has 0 aromatic heterocycles. The number of halogens is 4. The number of hydrogen-bond donors (Lipinski definition) is 2. The number of methoxy groups -OCH3 is 1. The van der Waals surface area contributed by atoms with E-state index < -0.39 is 29.7 Å².